The molecule has 0 aromatic rings. The molecule has 0 bridgehead atoms. The van der Waals surface area contributed by atoms with Crippen LogP contribution in [0.25, 0.3) is 0 Å². The van der Waals surface area contributed by atoms with Gasteiger partial charge in [0.05, 0.1) is 0 Å². The molecule has 4 nitrogen and oxygen atoms in total. The lowest BCUT2D eigenvalue weighted by molar-refractivity contribution is -0.138. The molecule has 0 radical (unpaired) electrons. The Labute approximate surface area is 111 Å². The molecule has 0 aromatic carbocycles. The zero-order valence-corrected chi connectivity index (χ0v) is 12.4. The van der Waals surface area contributed by atoms with E-state index in [0.717, 1.165) is 19.6 Å². The van der Waals surface area contributed by atoms with Crippen LogP contribution in [0.5, 0.6) is 0 Å². The smallest absolute Gasteiger partial charge is 0.293 e. The van der Waals surface area contributed by atoms with E-state index in [1.807, 2.05) is 20.8 Å². The highest BCUT2D eigenvalue weighted by atomic mass is 16.5. The van der Waals surface area contributed by atoms with Crippen molar-refractivity contribution in [3.8, 4) is 0 Å². The highest BCUT2D eigenvalue weighted by Crippen LogP contribution is 2.02. The van der Waals surface area contributed by atoms with Crippen LogP contribution in [0.4, 0.5) is 0 Å². The molecule has 0 saturated carbocycles. The van der Waals surface area contributed by atoms with E-state index in [-0.39, 0.29) is 5.60 Å². The van der Waals surface area contributed by atoms with Gasteiger partial charge >= 0.3 is 0 Å². The third kappa shape index (κ3) is 9.19. The van der Waals surface area contributed by atoms with E-state index < -0.39 is 0 Å². The Morgan fingerprint density at radius 3 is 2.50 bits per heavy atom. The first-order valence-corrected chi connectivity index (χ1v) is 6.58. The van der Waals surface area contributed by atoms with E-state index in [9.17, 15) is 4.79 Å². The molecule has 1 aliphatic heterocycles. The first-order chi connectivity index (χ1) is 8.40. The molecular weight excluding hydrogens is 228 g/mol. The van der Waals surface area contributed by atoms with Crippen LogP contribution in [-0.2, 0) is 9.53 Å². The third-order valence-electron chi connectivity index (χ3n) is 2.62. The number of carbonyl (C=O) groups excluding carboxylic acids is 1. The first kappa shape index (κ1) is 17.1. The summed E-state index contributed by atoms with van der Waals surface area (Å²) >= 11 is 0. The molecule has 1 heterocycles. The quantitative estimate of drug-likeness (QED) is 0.618. The Bertz CT molecular complexity index is 247. The van der Waals surface area contributed by atoms with Gasteiger partial charge in [0.25, 0.3) is 6.47 Å². The Hall–Kier alpha value is -0.870. The third-order valence-corrected chi connectivity index (χ3v) is 2.62. The highest BCUT2D eigenvalue weighted by molar-refractivity contribution is 5.37. The van der Waals surface area contributed by atoms with Crippen LogP contribution in [0.15, 0.2) is 12.2 Å². The fourth-order valence-corrected chi connectivity index (χ4v) is 1.54. The van der Waals surface area contributed by atoms with Gasteiger partial charge in [-0.3, -0.25) is 9.69 Å². The van der Waals surface area contributed by atoms with Crippen molar-refractivity contribution in [2.45, 2.75) is 46.3 Å². The molecule has 1 fully saturated rings. The lowest BCUT2D eigenvalue weighted by atomic mass is 10.2. The van der Waals surface area contributed by atoms with Gasteiger partial charge < -0.3 is 10.1 Å². The topological polar surface area (TPSA) is 41.6 Å². The van der Waals surface area contributed by atoms with Crippen molar-refractivity contribution in [1.29, 1.82) is 0 Å². The van der Waals surface area contributed by atoms with Gasteiger partial charge in [-0.05, 0) is 34.6 Å². The summed E-state index contributed by atoms with van der Waals surface area (Å²) in [4.78, 5) is 12.1. The minimum Gasteiger partial charge on any atom is -0.462 e. The van der Waals surface area contributed by atoms with E-state index >= 15 is 0 Å². The highest BCUT2D eigenvalue weighted by Gasteiger charge is 2.15. The first-order valence-electron chi connectivity index (χ1n) is 6.58. The Kier molecular flexibility index (Phi) is 8.67. The number of nitrogens with one attached hydrogen (secondary N) is 1. The number of hydrogen-bond donors (Lipinski definition) is 1. The summed E-state index contributed by atoms with van der Waals surface area (Å²) < 4.78 is 4.55. The van der Waals surface area contributed by atoms with Gasteiger partial charge in [0.15, 0.2) is 0 Å². The SMILES string of the molecule is CC(C)(C)OC=O.CC=CCN1CCNC[C@H]1C. The number of carbonyl (C=O) groups is 1. The van der Waals surface area contributed by atoms with E-state index in [1.165, 1.54) is 6.54 Å². The van der Waals surface area contributed by atoms with Gasteiger partial charge in [0, 0.05) is 32.2 Å². The molecule has 0 unspecified atom stereocenters. The number of allylic oxidation sites excluding steroid dienone is 1. The van der Waals surface area contributed by atoms with E-state index in [2.05, 4.69) is 41.0 Å². The van der Waals surface area contributed by atoms with Gasteiger partial charge in [-0.2, -0.15) is 0 Å². The number of hydrogen-bond acceptors (Lipinski definition) is 4. The van der Waals surface area contributed by atoms with E-state index in [4.69, 9.17) is 0 Å². The lowest BCUT2D eigenvalue weighted by Gasteiger charge is -2.32. The zero-order valence-electron chi connectivity index (χ0n) is 12.4. The van der Waals surface area contributed by atoms with E-state index in [1.54, 1.807) is 0 Å². The van der Waals surface area contributed by atoms with Crippen LogP contribution in [0.3, 0.4) is 0 Å². The number of piperazine rings is 1. The fourth-order valence-electron chi connectivity index (χ4n) is 1.54. The molecule has 1 saturated heterocycles. The Morgan fingerprint density at radius 1 is 1.44 bits per heavy atom. The molecule has 1 N–H and O–H groups in total. The fraction of sp³-hybridized carbons (Fsp3) is 0.786. The minimum absolute atomic E-state index is 0.318. The van der Waals surface area contributed by atoms with Crippen molar-refractivity contribution in [1.82, 2.24) is 10.2 Å². The van der Waals surface area contributed by atoms with E-state index in [0.29, 0.717) is 12.5 Å². The molecule has 18 heavy (non-hydrogen) atoms. The summed E-state index contributed by atoms with van der Waals surface area (Å²) in [7, 11) is 0. The zero-order chi connectivity index (χ0) is 14.0. The summed E-state index contributed by atoms with van der Waals surface area (Å²) in [5.41, 5.74) is -0.318. The molecule has 1 atom stereocenters. The lowest BCUT2D eigenvalue weighted by Crippen LogP contribution is -2.49. The normalized spacial score (nSPS) is 21.3. The molecule has 0 aliphatic carbocycles. The predicted octanol–water partition coefficient (Wildman–Crippen LogP) is 1.81. The Balaban J connectivity index is 0.000000360. The van der Waals surface area contributed by atoms with Crippen LogP contribution in [-0.4, -0.2) is 49.2 Å². The van der Waals surface area contributed by atoms with Crippen LogP contribution >= 0.6 is 0 Å². The van der Waals surface area contributed by atoms with Gasteiger partial charge in [-0.25, -0.2) is 0 Å². The van der Waals surface area contributed by atoms with Crippen molar-refractivity contribution in [3.63, 3.8) is 0 Å². The molecule has 1 aliphatic rings. The maximum absolute atomic E-state index is 9.60. The molecule has 1 rings (SSSR count). The monoisotopic (exact) mass is 256 g/mol. The summed E-state index contributed by atoms with van der Waals surface area (Å²) in [6, 6.07) is 0.694. The van der Waals surface area contributed by atoms with Crippen LogP contribution in [0.2, 0.25) is 0 Å². The van der Waals surface area contributed by atoms with Gasteiger partial charge in [-0.1, -0.05) is 12.2 Å². The van der Waals surface area contributed by atoms with Crippen molar-refractivity contribution < 1.29 is 9.53 Å². The standard InChI is InChI=1S/C9H18N2.C5H10O2/c1-3-4-6-11-7-5-10-8-9(11)2;1-5(2,3)7-4-6/h3-4,9-10H,5-8H2,1-2H3;4H,1-3H3/t9-;/m1./s1. The van der Waals surface area contributed by atoms with Crippen molar-refractivity contribution in [2.75, 3.05) is 26.2 Å². The van der Waals surface area contributed by atoms with Gasteiger partial charge in [0.1, 0.15) is 5.60 Å². The van der Waals surface area contributed by atoms with Gasteiger partial charge in [-0.15, -0.1) is 0 Å². The second kappa shape index (κ2) is 9.11. The molecular formula is C14H28N2O2. The van der Waals surface area contributed by atoms with Gasteiger partial charge in [0.2, 0.25) is 0 Å². The average molecular weight is 256 g/mol. The molecule has 0 aromatic heterocycles. The predicted molar refractivity (Wildman–Crippen MR) is 75.6 cm³/mol. The molecule has 0 spiro atoms. The number of nitrogens with zero attached hydrogens (tertiary/aromatic N) is 1. The molecule has 106 valence electrons. The minimum atomic E-state index is -0.318. The summed E-state index contributed by atoms with van der Waals surface area (Å²) in [5, 5.41) is 3.38. The summed E-state index contributed by atoms with van der Waals surface area (Å²) in [6.07, 6.45) is 4.34. The van der Waals surface area contributed by atoms with Crippen molar-refractivity contribution >= 4 is 6.47 Å². The maximum Gasteiger partial charge on any atom is 0.293 e. The molecule has 4 heteroatoms. The molecule has 0 amide bonds. The summed E-state index contributed by atoms with van der Waals surface area (Å²) in [6.45, 7) is 14.8. The number of rotatable bonds is 3. The van der Waals surface area contributed by atoms with Crippen molar-refractivity contribution in [2.24, 2.45) is 0 Å². The maximum atomic E-state index is 9.60. The second-order valence-electron chi connectivity index (χ2n) is 5.44. The van der Waals surface area contributed by atoms with Crippen LogP contribution < -0.4 is 5.32 Å². The summed E-state index contributed by atoms with van der Waals surface area (Å²) in [5.74, 6) is 0. The van der Waals surface area contributed by atoms with Crippen LogP contribution in [0, 0.1) is 0 Å². The second-order valence-corrected chi connectivity index (χ2v) is 5.44. The number of ether oxygens (including phenoxy) is 1. The Morgan fingerprint density at radius 2 is 2.11 bits per heavy atom. The van der Waals surface area contributed by atoms with Crippen LogP contribution in [0.1, 0.15) is 34.6 Å². The largest absolute Gasteiger partial charge is 0.462 e. The van der Waals surface area contributed by atoms with Crippen molar-refractivity contribution in [3.05, 3.63) is 12.2 Å². The average Bonchev–Trinajstić information content (AvgIpc) is 2.27.